The van der Waals surface area contributed by atoms with E-state index in [1.54, 1.807) is 24.3 Å². The Bertz CT molecular complexity index is 395. The summed E-state index contributed by atoms with van der Waals surface area (Å²) < 4.78 is 0. The van der Waals surface area contributed by atoms with Gasteiger partial charge in [0.1, 0.15) is 0 Å². The summed E-state index contributed by atoms with van der Waals surface area (Å²) in [6, 6.07) is 6.92. The first-order chi connectivity index (χ1) is 8.65. The van der Waals surface area contributed by atoms with Gasteiger partial charge in [-0.25, -0.2) is 0 Å². The Morgan fingerprint density at radius 3 is 2.44 bits per heavy atom. The third kappa shape index (κ3) is 3.47. The minimum absolute atomic E-state index is 0.0545. The number of aliphatic hydroxyl groups is 1. The van der Waals surface area contributed by atoms with Gasteiger partial charge in [-0.1, -0.05) is 0 Å². The Kier molecular flexibility index (Phi) is 4.20. The molecule has 2 rings (SSSR count). The van der Waals surface area contributed by atoms with Gasteiger partial charge < -0.3 is 16.2 Å². The highest BCUT2D eigenvalue weighted by molar-refractivity contribution is 5.94. The highest BCUT2D eigenvalue weighted by atomic mass is 16.3. The van der Waals surface area contributed by atoms with Crippen LogP contribution in [0.4, 0.5) is 5.69 Å². The van der Waals surface area contributed by atoms with Gasteiger partial charge in [-0.05, 0) is 55.9 Å². The van der Waals surface area contributed by atoms with E-state index in [0.29, 0.717) is 23.7 Å². The van der Waals surface area contributed by atoms with Crippen molar-refractivity contribution >= 4 is 11.6 Å². The Morgan fingerprint density at radius 1 is 1.22 bits per heavy atom. The summed E-state index contributed by atoms with van der Waals surface area (Å²) in [4.78, 5) is 11.9. The summed E-state index contributed by atoms with van der Waals surface area (Å²) in [6.07, 6.45) is 3.53. The van der Waals surface area contributed by atoms with E-state index in [9.17, 15) is 9.90 Å². The van der Waals surface area contributed by atoms with Crippen molar-refractivity contribution in [1.82, 2.24) is 5.32 Å². The lowest BCUT2D eigenvalue weighted by Gasteiger charge is -2.25. The number of nitrogen functional groups attached to an aromatic ring is 1. The highest BCUT2D eigenvalue weighted by Crippen LogP contribution is 2.23. The number of hydrogen-bond donors (Lipinski definition) is 3. The molecule has 1 aliphatic carbocycles. The standard InChI is InChI=1S/C14H20N2O2/c15-12-5-3-11(4-6-12)14(18)16-9-10-1-7-13(17)8-2-10/h3-6,10,13,17H,1-2,7-9,15H2,(H,16,18). The Balaban J connectivity index is 1.79. The number of rotatable bonds is 3. The fourth-order valence-electron chi connectivity index (χ4n) is 2.32. The van der Waals surface area contributed by atoms with Crippen LogP contribution in [0.2, 0.25) is 0 Å². The number of carbonyl (C=O) groups is 1. The van der Waals surface area contributed by atoms with Crippen LogP contribution in [-0.4, -0.2) is 23.7 Å². The lowest BCUT2D eigenvalue weighted by Crippen LogP contribution is -2.32. The van der Waals surface area contributed by atoms with Crippen LogP contribution in [0.3, 0.4) is 0 Å². The smallest absolute Gasteiger partial charge is 0.251 e. The summed E-state index contributed by atoms with van der Waals surface area (Å²) in [5.74, 6) is 0.437. The third-order valence-corrected chi connectivity index (χ3v) is 3.54. The van der Waals surface area contributed by atoms with Crippen molar-refractivity contribution in [2.45, 2.75) is 31.8 Å². The topological polar surface area (TPSA) is 75.4 Å². The number of anilines is 1. The molecule has 98 valence electrons. The van der Waals surface area contributed by atoms with E-state index >= 15 is 0 Å². The number of nitrogens with one attached hydrogen (secondary N) is 1. The van der Waals surface area contributed by atoms with Gasteiger partial charge in [0.25, 0.3) is 5.91 Å². The van der Waals surface area contributed by atoms with Crippen LogP contribution >= 0.6 is 0 Å². The van der Waals surface area contributed by atoms with Crippen LogP contribution in [0.25, 0.3) is 0 Å². The lowest BCUT2D eigenvalue weighted by atomic mass is 9.87. The molecule has 1 amide bonds. The molecule has 0 unspecified atom stereocenters. The zero-order valence-corrected chi connectivity index (χ0v) is 10.4. The molecule has 0 radical (unpaired) electrons. The molecule has 1 aromatic carbocycles. The van der Waals surface area contributed by atoms with Gasteiger partial charge in [-0.15, -0.1) is 0 Å². The van der Waals surface area contributed by atoms with E-state index < -0.39 is 0 Å². The molecule has 0 spiro atoms. The van der Waals surface area contributed by atoms with Crippen LogP contribution in [0.5, 0.6) is 0 Å². The van der Waals surface area contributed by atoms with Crippen molar-refractivity contribution in [1.29, 1.82) is 0 Å². The molecule has 4 N–H and O–H groups in total. The van der Waals surface area contributed by atoms with Gasteiger partial charge in [-0.3, -0.25) is 4.79 Å². The van der Waals surface area contributed by atoms with Gasteiger partial charge in [0, 0.05) is 17.8 Å². The van der Waals surface area contributed by atoms with Gasteiger partial charge in [-0.2, -0.15) is 0 Å². The lowest BCUT2D eigenvalue weighted by molar-refractivity contribution is 0.0910. The molecule has 4 heteroatoms. The minimum atomic E-state index is -0.144. The highest BCUT2D eigenvalue weighted by Gasteiger charge is 2.19. The number of carbonyl (C=O) groups excluding carboxylic acids is 1. The molecule has 1 aromatic rings. The van der Waals surface area contributed by atoms with Crippen LogP contribution in [-0.2, 0) is 0 Å². The Morgan fingerprint density at radius 2 is 1.83 bits per heavy atom. The molecular formula is C14H20N2O2. The zero-order chi connectivity index (χ0) is 13.0. The largest absolute Gasteiger partial charge is 0.399 e. The fourth-order valence-corrected chi connectivity index (χ4v) is 2.32. The number of hydrogen-bond acceptors (Lipinski definition) is 3. The zero-order valence-electron chi connectivity index (χ0n) is 10.4. The van der Waals surface area contributed by atoms with Crippen LogP contribution in [0, 0.1) is 5.92 Å². The van der Waals surface area contributed by atoms with Gasteiger partial charge in [0.05, 0.1) is 6.10 Å². The second-order valence-electron chi connectivity index (χ2n) is 5.01. The quantitative estimate of drug-likeness (QED) is 0.710. The van der Waals surface area contributed by atoms with E-state index in [-0.39, 0.29) is 12.0 Å². The maximum atomic E-state index is 11.9. The van der Waals surface area contributed by atoms with E-state index in [1.807, 2.05) is 0 Å². The Hall–Kier alpha value is -1.55. The normalized spacial score (nSPS) is 23.6. The van der Waals surface area contributed by atoms with Crippen molar-refractivity contribution in [3.05, 3.63) is 29.8 Å². The Labute approximate surface area is 107 Å². The van der Waals surface area contributed by atoms with Crippen LogP contribution < -0.4 is 11.1 Å². The molecule has 0 bridgehead atoms. The van der Waals surface area contributed by atoms with Crippen molar-refractivity contribution in [3.63, 3.8) is 0 Å². The van der Waals surface area contributed by atoms with Gasteiger partial charge in [0.2, 0.25) is 0 Å². The maximum absolute atomic E-state index is 11.9. The predicted octanol–water partition coefficient (Wildman–Crippen LogP) is 1.55. The first-order valence-corrected chi connectivity index (χ1v) is 6.47. The number of benzene rings is 1. The molecule has 18 heavy (non-hydrogen) atoms. The molecule has 1 aliphatic rings. The predicted molar refractivity (Wildman–Crippen MR) is 71.2 cm³/mol. The SMILES string of the molecule is Nc1ccc(C(=O)NCC2CCC(O)CC2)cc1. The van der Waals surface area contributed by atoms with E-state index in [0.717, 1.165) is 25.7 Å². The van der Waals surface area contributed by atoms with Crippen molar-refractivity contribution in [3.8, 4) is 0 Å². The van der Waals surface area contributed by atoms with Crippen LogP contribution in [0.15, 0.2) is 24.3 Å². The summed E-state index contributed by atoms with van der Waals surface area (Å²) in [7, 11) is 0. The molecule has 4 nitrogen and oxygen atoms in total. The average Bonchev–Trinajstić information content (AvgIpc) is 2.38. The summed E-state index contributed by atoms with van der Waals surface area (Å²) >= 11 is 0. The van der Waals surface area contributed by atoms with Crippen molar-refractivity contribution in [2.24, 2.45) is 5.92 Å². The number of nitrogens with two attached hydrogens (primary N) is 1. The van der Waals surface area contributed by atoms with E-state index in [2.05, 4.69) is 5.32 Å². The van der Waals surface area contributed by atoms with Gasteiger partial charge >= 0.3 is 0 Å². The molecule has 0 saturated heterocycles. The molecule has 0 aliphatic heterocycles. The monoisotopic (exact) mass is 248 g/mol. The molecule has 1 saturated carbocycles. The molecule has 0 atom stereocenters. The molecule has 0 aromatic heterocycles. The minimum Gasteiger partial charge on any atom is -0.399 e. The molecule has 1 fully saturated rings. The third-order valence-electron chi connectivity index (χ3n) is 3.54. The average molecular weight is 248 g/mol. The fraction of sp³-hybridized carbons (Fsp3) is 0.500. The van der Waals surface area contributed by atoms with E-state index in [4.69, 9.17) is 5.73 Å². The first-order valence-electron chi connectivity index (χ1n) is 6.47. The second kappa shape index (κ2) is 5.87. The maximum Gasteiger partial charge on any atom is 0.251 e. The first kappa shape index (κ1) is 12.9. The summed E-state index contributed by atoms with van der Waals surface area (Å²) in [6.45, 7) is 0.690. The van der Waals surface area contributed by atoms with Crippen molar-refractivity contribution in [2.75, 3.05) is 12.3 Å². The summed E-state index contributed by atoms with van der Waals surface area (Å²) in [5.41, 5.74) is 6.87. The number of aliphatic hydroxyl groups excluding tert-OH is 1. The number of amides is 1. The van der Waals surface area contributed by atoms with Crippen molar-refractivity contribution < 1.29 is 9.90 Å². The molecule has 0 heterocycles. The van der Waals surface area contributed by atoms with E-state index in [1.165, 1.54) is 0 Å². The van der Waals surface area contributed by atoms with Crippen LogP contribution in [0.1, 0.15) is 36.0 Å². The summed E-state index contributed by atoms with van der Waals surface area (Å²) in [5, 5.41) is 12.4. The van der Waals surface area contributed by atoms with Gasteiger partial charge in [0.15, 0.2) is 0 Å². The second-order valence-corrected chi connectivity index (χ2v) is 5.01. The molecular weight excluding hydrogens is 228 g/mol.